The average molecular weight is 281 g/mol. The van der Waals surface area contributed by atoms with E-state index in [1.807, 2.05) is 20.0 Å². The fourth-order valence-corrected chi connectivity index (χ4v) is 2.50. The smallest absolute Gasteiger partial charge is 0.255 e. The van der Waals surface area contributed by atoms with Crippen LogP contribution >= 0.6 is 11.6 Å². The fourth-order valence-electron chi connectivity index (χ4n) is 2.33. The van der Waals surface area contributed by atoms with Gasteiger partial charge in [0.05, 0.1) is 5.56 Å². The maximum atomic E-state index is 12.5. The van der Waals surface area contributed by atoms with E-state index in [0.29, 0.717) is 16.5 Å². The van der Waals surface area contributed by atoms with Crippen LogP contribution in [0.3, 0.4) is 0 Å². The number of hydrogen-bond donors (Lipinski definition) is 1. The number of halogens is 1. The molecule has 0 aliphatic heterocycles. The highest BCUT2D eigenvalue weighted by atomic mass is 35.5. The van der Waals surface area contributed by atoms with Gasteiger partial charge in [-0.2, -0.15) is 0 Å². The number of anilines is 1. The minimum absolute atomic E-state index is 0.0394. The molecule has 0 heterocycles. The topological polar surface area (TPSA) is 32.3 Å². The molecule has 1 aliphatic carbocycles. The maximum Gasteiger partial charge on any atom is 0.255 e. The van der Waals surface area contributed by atoms with Gasteiger partial charge in [0.15, 0.2) is 0 Å². The van der Waals surface area contributed by atoms with Crippen molar-refractivity contribution in [3.63, 3.8) is 0 Å². The van der Waals surface area contributed by atoms with Gasteiger partial charge >= 0.3 is 0 Å². The Morgan fingerprint density at radius 1 is 1.53 bits per heavy atom. The number of carbonyl (C=O) groups is 1. The lowest BCUT2D eigenvalue weighted by Gasteiger charge is -2.19. The lowest BCUT2D eigenvalue weighted by atomic mass is 10.1. The molecule has 1 aromatic rings. The highest BCUT2D eigenvalue weighted by Gasteiger charge is 2.34. The summed E-state index contributed by atoms with van der Waals surface area (Å²) in [6.07, 6.45) is 1.23. The van der Waals surface area contributed by atoms with Crippen LogP contribution in [0.15, 0.2) is 18.2 Å². The lowest BCUT2D eigenvalue weighted by Crippen LogP contribution is -2.29. The number of carbonyl (C=O) groups excluding carboxylic acids is 1. The zero-order valence-electron chi connectivity index (χ0n) is 11.7. The van der Waals surface area contributed by atoms with Crippen molar-refractivity contribution in [3.8, 4) is 0 Å². The SMILES string of the molecule is CCNc1ccc(Cl)cc1C(=O)N(C)CC1CC1C. The van der Waals surface area contributed by atoms with Gasteiger partial charge in [-0.05, 0) is 43.4 Å². The lowest BCUT2D eigenvalue weighted by molar-refractivity contribution is 0.0788. The van der Waals surface area contributed by atoms with E-state index >= 15 is 0 Å². The summed E-state index contributed by atoms with van der Waals surface area (Å²) in [5.74, 6) is 1.45. The van der Waals surface area contributed by atoms with Crippen molar-refractivity contribution in [1.82, 2.24) is 4.90 Å². The maximum absolute atomic E-state index is 12.5. The van der Waals surface area contributed by atoms with E-state index in [0.717, 1.165) is 24.7 Å². The van der Waals surface area contributed by atoms with Gasteiger partial charge in [-0.15, -0.1) is 0 Å². The van der Waals surface area contributed by atoms with Crippen LogP contribution in [0, 0.1) is 11.8 Å². The summed E-state index contributed by atoms with van der Waals surface area (Å²) in [6.45, 7) is 5.86. The highest BCUT2D eigenvalue weighted by molar-refractivity contribution is 6.31. The first-order valence-electron chi connectivity index (χ1n) is 6.81. The van der Waals surface area contributed by atoms with Crippen LogP contribution in [0.5, 0.6) is 0 Å². The van der Waals surface area contributed by atoms with Gasteiger partial charge in [0.1, 0.15) is 0 Å². The third-order valence-electron chi connectivity index (χ3n) is 3.71. The van der Waals surface area contributed by atoms with Gasteiger partial charge < -0.3 is 10.2 Å². The molecule has 0 saturated heterocycles. The van der Waals surface area contributed by atoms with Gasteiger partial charge in [-0.25, -0.2) is 0 Å². The van der Waals surface area contributed by atoms with E-state index in [-0.39, 0.29) is 5.91 Å². The third-order valence-corrected chi connectivity index (χ3v) is 3.95. The van der Waals surface area contributed by atoms with Gasteiger partial charge in [0.25, 0.3) is 5.91 Å². The molecule has 0 radical (unpaired) electrons. The Bertz CT molecular complexity index is 475. The predicted octanol–water partition coefficient (Wildman–Crippen LogP) is 3.50. The van der Waals surface area contributed by atoms with E-state index in [4.69, 9.17) is 11.6 Å². The summed E-state index contributed by atoms with van der Waals surface area (Å²) in [4.78, 5) is 14.3. The Labute approximate surface area is 119 Å². The first-order valence-corrected chi connectivity index (χ1v) is 7.19. The molecule has 2 unspecified atom stereocenters. The van der Waals surface area contributed by atoms with Crippen molar-refractivity contribution >= 4 is 23.2 Å². The van der Waals surface area contributed by atoms with Crippen molar-refractivity contribution in [1.29, 1.82) is 0 Å². The second kappa shape index (κ2) is 5.83. The molecule has 0 bridgehead atoms. The van der Waals surface area contributed by atoms with Crippen LogP contribution in [0.25, 0.3) is 0 Å². The van der Waals surface area contributed by atoms with E-state index in [1.165, 1.54) is 6.42 Å². The third kappa shape index (κ3) is 3.41. The quantitative estimate of drug-likeness (QED) is 0.895. The zero-order chi connectivity index (χ0) is 14.0. The second-order valence-electron chi connectivity index (χ2n) is 5.38. The van der Waals surface area contributed by atoms with Gasteiger partial charge in [0.2, 0.25) is 0 Å². The molecule has 19 heavy (non-hydrogen) atoms. The molecular formula is C15H21ClN2O. The Morgan fingerprint density at radius 3 is 2.79 bits per heavy atom. The molecular weight excluding hydrogens is 260 g/mol. The van der Waals surface area contributed by atoms with Crippen molar-refractivity contribution < 1.29 is 4.79 Å². The van der Waals surface area contributed by atoms with Crippen molar-refractivity contribution in [2.24, 2.45) is 11.8 Å². The molecule has 2 rings (SSSR count). The minimum atomic E-state index is 0.0394. The largest absolute Gasteiger partial charge is 0.385 e. The summed E-state index contributed by atoms with van der Waals surface area (Å²) in [7, 11) is 1.87. The number of nitrogens with zero attached hydrogens (tertiary/aromatic N) is 1. The van der Waals surface area contributed by atoms with E-state index in [2.05, 4.69) is 12.2 Å². The fraction of sp³-hybridized carbons (Fsp3) is 0.533. The number of amides is 1. The molecule has 1 aromatic carbocycles. The number of nitrogens with one attached hydrogen (secondary N) is 1. The molecule has 3 nitrogen and oxygen atoms in total. The molecule has 0 aromatic heterocycles. The Morgan fingerprint density at radius 2 is 2.21 bits per heavy atom. The van der Waals surface area contributed by atoms with Crippen LogP contribution < -0.4 is 5.32 Å². The summed E-state index contributed by atoms with van der Waals surface area (Å²) >= 11 is 6.01. The highest BCUT2D eigenvalue weighted by Crippen LogP contribution is 2.38. The van der Waals surface area contributed by atoms with Crippen LogP contribution in [0.4, 0.5) is 5.69 Å². The van der Waals surface area contributed by atoms with Gasteiger partial charge in [-0.1, -0.05) is 18.5 Å². The average Bonchev–Trinajstić information content (AvgIpc) is 3.06. The summed E-state index contributed by atoms with van der Waals surface area (Å²) in [6, 6.07) is 5.42. The first kappa shape index (κ1) is 14.2. The number of rotatable bonds is 5. The van der Waals surface area contributed by atoms with Gasteiger partial charge in [-0.3, -0.25) is 4.79 Å². The molecule has 104 valence electrons. The Balaban J connectivity index is 2.14. The van der Waals surface area contributed by atoms with Crippen LogP contribution in [0.1, 0.15) is 30.6 Å². The van der Waals surface area contributed by atoms with Crippen molar-refractivity contribution in [2.75, 3.05) is 25.5 Å². The summed E-state index contributed by atoms with van der Waals surface area (Å²) in [5, 5.41) is 3.81. The second-order valence-corrected chi connectivity index (χ2v) is 5.82. The molecule has 1 N–H and O–H groups in total. The standard InChI is InChI=1S/C15H21ClN2O/c1-4-17-14-6-5-12(16)8-13(14)15(19)18(3)9-11-7-10(11)2/h5-6,8,10-11,17H,4,7,9H2,1-3H3. The molecule has 1 amide bonds. The Hall–Kier alpha value is -1.22. The summed E-state index contributed by atoms with van der Waals surface area (Å²) < 4.78 is 0. The van der Waals surface area contributed by atoms with Gasteiger partial charge in [0, 0.05) is 30.8 Å². The van der Waals surface area contributed by atoms with Crippen molar-refractivity contribution in [2.45, 2.75) is 20.3 Å². The Kier molecular flexibility index (Phi) is 4.35. The van der Waals surface area contributed by atoms with Crippen LogP contribution in [0.2, 0.25) is 5.02 Å². The van der Waals surface area contributed by atoms with Crippen LogP contribution in [-0.2, 0) is 0 Å². The molecule has 4 heteroatoms. The molecule has 1 aliphatic rings. The number of benzene rings is 1. The zero-order valence-corrected chi connectivity index (χ0v) is 12.5. The summed E-state index contributed by atoms with van der Waals surface area (Å²) in [5.41, 5.74) is 1.51. The monoisotopic (exact) mass is 280 g/mol. The first-order chi connectivity index (χ1) is 9.02. The molecule has 0 spiro atoms. The van der Waals surface area contributed by atoms with Crippen molar-refractivity contribution in [3.05, 3.63) is 28.8 Å². The molecule has 1 fully saturated rings. The van der Waals surface area contributed by atoms with Crippen LogP contribution in [-0.4, -0.2) is 30.9 Å². The van der Waals surface area contributed by atoms with E-state index in [9.17, 15) is 4.79 Å². The number of hydrogen-bond acceptors (Lipinski definition) is 2. The molecule has 1 saturated carbocycles. The minimum Gasteiger partial charge on any atom is -0.385 e. The molecule has 2 atom stereocenters. The predicted molar refractivity (Wildman–Crippen MR) is 79.8 cm³/mol. The van der Waals surface area contributed by atoms with E-state index < -0.39 is 0 Å². The normalized spacial score (nSPS) is 21.1. The van der Waals surface area contributed by atoms with E-state index in [1.54, 1.807) is 17.0 Å².